The maximum atomic E-state index is 11.6. The number of amides is 1. The van der Waals surface area contributed by atoms with Gasteiger partial charge in [-0.15, -0.1) is 0 Å². The molecule has 0 bridgehead atoms. The summed E-state index contributed by atoms with van der Waals surface area (Å²) in [5.74, 6) is 0.965. The maximum Gasteiger partial charge on any atom is 0.413 e. The smallest absolute Gasteiger partial charge is 0.413 e. The van der Waals surface area contributed by atoms with Crippen LogP contribution < -0.4 is 5.32 Å². The van der Waals surface area contributed by atoms with Gasteiger partial charge in [-0.1, -0.05) is 30.3 Å². The van der Waals surface area contributed by atoms with Crippen LogP contribution in [0.15, 0.2) is 41.0 Å². The summed E-state index contributed by atoms with van der Waals surface area (Å²) < 4.78 is 5.70. The second kappa shape index (κ2) is 6.29. The summed E-state index contributed by atoms with van der Waals surface area (Å²) in [5, 5.41) is 2.56. The van der Waals surface area contributed by atoms with Crippen molar-refractivity contribution in [2.75, 3.05) is 5.32 Å². The lowest BCUT2D eigenvalue weighted by molar-refractivity contribution is 0.155. The van der Waals surface area contributed by atoms with Crippen molar-refractivity contribution in [2.24, 2.45) is 0 Å². The summed E-state index contributed by atoms with van der Waals surface area (Å²) >= 11 is 3.26. The molecule has 0 saturated carbocycles. The van der Waals surface area contributed by atoms with E-state index in [9.17, 15) is 4.79 Å². The predicted octanol–water partition coefficient (Wildman–Crippen LogP) is 3.30. The molecule has 1 amide bonds. The van der Waals surface area contributed by atoms with Crippen LogP contribution in [0.25, 0.3) is 0 Å². The van der Waals surface area contributed by atoms with Gasteiger partial charge in [0.25, 0.3) is 0 Å². The molecular formula is C13H12BrN3O2. The minimum atomic E-state index is -0.553. The Hall–Kier alpha value is -1.95. The third-order valence-corrected chi connectivity index (χ3v) is 2.88. The molecule has 5 nitrogen and oxygen atoms in total. The van der Waals surface area contributed by atoms with Gasteiger partial charge in [-0.2, -0.15) is 0 Å². The fourth-order valence-corrected chi connectivity index (χ4v) is 1.69. The van der Waals surface area contributed by atoms with Gasteiger partial charge in [0.2, 0.25) is 0 Å². The first-order chi connectivity index (χ1) is 9.15. The standard InChI is InChI=1S/C13H12BrN3O2/c1-9-15-7-11(14)12(16-9)17-13(18)19-8-10-5-3-2-4-6-10/h2-7H,8H2,1H3,(H,15,16,17,18). The number of nitrogens with zero attached hydrogens (tertiary/aromatic N) is 2. The lowest BCUT2D eigenvalue weighted by Crippen LogP contribution is -2.15. The number of carbonyl (C=O) groups excluding carboxylic acids is 1. The Morgan fingerprint density at radius 1 is 1.37 bits per heavy atom. The van der Waals surface area contributed by atoms with Gasteiger partial charge in [0, 0.05) is 6.20 Å². The van der Waals surface area contributed by atoms with E-state index in [1.165, 1.54) is 0 Å². The average Bonchev–Trinajstić information content (AvgIpc) is 2.42. The Morgan fingerprint density at radius 3 is 2.84 bits per heavy atom. The van der Waals surface area contributed by atoms with E-state index in [1.807, 2.05) is 30.3 Å². The Kier molecular flexibility index (Phi) is 4.46. The summed E-state index contributed by atoms with van der Waals surface area (Å²) in [6, 6.07) is 9.46. The second-order valence-corrected chi connectivity index (χ2v) is 4.65. The van der Waals surface area contributed by atoms with Gasteiger partial charge in [0.15, 0.2) is 5.82 Å². The van der Waals surface area contributed by atoms with Crippen molar-refractivity contribution in [3.63, 3.8) is 0 Å². The largest absolute Gasteiger partial charge is 0.444 e. The number of anilines is 1. The minimum Gasteiger partial charge on any atom is -0.444 e. The predicted molar refractivity (Wildman–Crippen MR) is 74.7 cm³/mol. The third-order valence-electron chi connectivity index (χ3n) is 2.30. The third kappa shape index (κ3) is 4.03. The number of carbonyl (C=O) groups is 1. The van der Waals surface area contributed by atoms with Crippen LogP contribution in [0.3, 0.4) is 0 Å². The maximum absolute atomic E-state index is 11.6. The number of ether oxygens (including phenoxy) is 1. The molecule has 1 N–H and O–H groups in total. The Balaban J connectivity index is 1.93. The number of hydrogen-bond acceptors (Lipinski definition) is 4. The highest BCUT2D eigenvalue weighted by molar-refractivity contribution is 9.10. The molecule has 0 spiro atoms. The van der Waals surface area contributed by atoms with Gasteiger partial charge in [0.1, 0.15) is 12.4 Å². The van der Waals surface area contributed by atoms with Gasteiger partial charge < -0.3 is 4.74 Å². The molecule has 2 rings (SSSR count). The van der Waals surface area contributed by atoms with E-state index < -0.39 is 6.09 Å². The Bertz CT molecular complexity index is 575. The van der Waals surface area contributed by atoms with Gasteiger partial charge in [-0.3, -0.25) is 5.32 Å². The van der Waals surface area contributed by atoms with Crippen molar-refractivity contribution in [3.05, 3.63) is 52.4 Å². The van der Waals surface area contributed by atoms with Gasteiger partial charge >= 0.3 is 6.09 Å². The summed E-state index contributed by atoms with van der Waals surface area (Å²) in [7, 11) is 0. The van der Waals surface area contributed by atoms with Crippen molar-refractivity contribution in [1.29, 1.82) is 0 Å². The van der Waals surface area contributed by atoms with E-state index in [-0.39, 0.29) is 6.61 Å². The molecule has 1 aromatic heterocycles. The normalized spacial score (nSPS) is 10.0. The molecule has 98 valence electrons. The molecule has 0 radical (unpaired) electrons. The van der Waals surface area contributed by atoms with Crippen molar-refractivity contribution >= 4 is 27.8 Å². The topological polar surface area (TPSA) is 64.1 Å². The van der Waals surface area contributed by atoms with E-state index >= 15 is 0 Å². The van der Waals surface area contributed by atoms with Crippen molar-refractivity contribution in [1.82, 2.24) is 9.97 Å². The van der Waals surface area contributed by atoms with Crippen LogP contribution in [-0.2, 0) is 11.3 Å². The number of aromatic nitrogens is 2. The summed E-state index contributed by atoms with van der Waals surface area (Å²) in [6.45, 7) is 1.96. The monoisotopic (exact) mass is 321 g/mol. The number of benzene rings is 1. The Morgan fingerprint density at radius 2 is 2.11 bits per heavy atom. The average molecular weight is 322 g/mol. The highest BCUT2D eigenvalue weighted by Crippen LogP contribution is 2.18. The van der Waals surface area contributed by atoms with Gasteiger partial charge in [0.05, 0.1) is 4.47 Å². The number of halogens is 1. The van der Waals surface area contributed by atoms with Gasteiger partial charge in [-0.05, 0) is 28.4 Å². The van der Waals surface area contributed by atoms with E-state index in [2.05, 4.69) is 31.2 Å². The van der Waals surface area contributed by atoms with E-state index in [4.69, 9.17) is 4.74 Å². The molecule has 0 saturated heterocycles. The molecule has 0 aliphatic heterocycles. The quantitative estimate of drug-likeness (QED) is 0.942. The van der Waals surface area contributed by atoms with Gasteiger partial charge in [-0.25, -0.2) is 14.8 Å². The minimum absolute atomic E-state index is 0.217. The number of nitrogens with one attached hydrogen (secondary N) is 1. The van der Waals surface area contributed by atoms with Crippen LogP contribution in [0, 0.1) is 6.92 Å². The molecule has 1 heterocycles. The van der Waals surface area contributed by atoms with Crippen LogP contribution >= 0.6 is 15.9 Å². The highest BCUT2D eigenvalue weighted by Gasteiger charge is 2.08. The van der Waals surface area contributed by atoms with Crippen molar-refractivity contribution in [2.45, 2.75) is 13.5 Å². The summed E-state index contributed by atoms with van der Waals surface area (Å²) in [6.07, 6.45) is 1.03. The first-order valence-corrected chi connectivity index (χ1v) is 6.41. The molecule has 6 heteroatoms. The molecule has 0 aliphatic carbocycles. The first-order valence-electron chi connectivity index (χ1n) is 5.62. The van der Waals surface area contributed by atoms with Crippen LogP contribution in [0.2, 0.25) is 0 Å². The summed E-state index contributed by atoms with van der Waals surface area (Å²) in [4.78, 5) is 19.7. The van der Waals surface area contributed by atoms with Crippen LogP contribution in [-0.4, -0.2) is 16.1 Å². The second-order valence-electron chi connectivity index (χ2n) is 3.80. The fourth-order valence-electron chi connectivity index (χ4n) is 1.40. The molecule has 1 aromatic carbocycles. The lowest BCUT2D eigenvalue weighted by Gasteiger charge is -2.08. The van der Waals surface area contributed by atoms with E-state index in [1.54, 1.807) is 13.1 Å². The SMILES string of the molecule is Cc1ncc(Br)c(NC(=O)OCc2ccccc2)n1. The van der Waals surface area contributed by atoms with Crippen molar-refractivity contribution in [3.8, 4) is 0 Å². The number of rotatable bonds is 3. The van der Waals surface area contributed by atoms with Crippen LogP contribution in [0.5, 0.6) is 0 Å². The lowest BCUT2D eigenvalue weighted by atomic mass is 10.2. The van der Waals surface area contributed by atoms with E-state index in [0.717, 1.165) is 5.56 Å². The molecule has 0 unspecified atom stereocenters. The zero-order valence-electron chi connectivity index (χ0n) is 10.3. The first kappa shape index (κ1) is 13.5. The van der Waals surface area contributed by atoms with Crippen LogP contribution in [0.1, 0.15) is 11.4 Å². The van der Waals surface area contributed by atoms with E-state index in [0.29, 0.717) is 16.1 Å². The summed E-state index contributed by atoms with van der Waals surface area (Å²) in [5.41, 5.74) is 0.926. The molecule has 2 aromatic rings. The molecule has 0 atom stereocenters. The molecular weight excluding hydrogens is 310 g/mol. The molecule has 0 fully saturated rings. The molecule has 0 aliphatic rings. The number of hydrogen-bond donors (Lipinski definition) is 1. The molecule has 19 heavy (non-hydrogen) atoms. The number of aryl methyl sites for hydroxylation is 1. The highest BCUT2D eigenvalue weighted by atomic mass is 79.9. The Labute approximate surface area is 119 Å². The van der Waals surface area contributed by atoms with Crippen molar-refractivity contribution < 1.29 is 9.53 Å². The van der Waals surface area contributed by atoms with Crippen LogP contribution in [0.4, 0.5) is 10.6 Å². The fraction of sp³-hybridized carbons (Fsp3) is 0.154. The zero-order valence-corrected chi connectivity index (χ0v) is 11.8. The zero-order chi connectivity index (χ0) is 13.7.